The number of carbonyl (C=O) groups excluding carboxylic acids is 2. The molecule has 0 saturated carbocycles. The van der Waals surface area contributed by atoms with Gasteiger partial charge in [-0.15, -0.1) is 0 Å². The number of carbonyl (C=O) groups is 2. The second-order valence-electron chi connectivity index (χ2n) is 5.51. The number of hydrogen-bond donors (Lipinski definition) is 1. The summed E-state index contributed by atoms with van der Waals surface area (Å²) in [6, 6.07) is 9.40. The van der Waals surface area contributed by atoms with Crippen molar-refractivity contribution in [1.29, 1.82) is 0 Å². The summed E-state index contributed by atoms with van der Waals surface area (Å²) in [4.78, 5) is 25.4. The van der Waals surface area contributed by atoms with Crippen molar-refractivity contribution in [3.05, 3.63) is 30.3 Å². The average Bonchev–Trinajstić information content (AvgIpc) is 2.58. The highest BCUT2D eigenvalue weighted by molar-refractivity contribution is 5.77. The lowest BCUT2D eigenvalue weighted by Gasteiger charge is -2.33. The minimum Gasteiger partial charge on any atom is -0.484 e. The Hall–Kier alpha value is -2.08. The molecule has 6 nitrogen and oxygen atoms in total. The largest absolute Gasteiger partial charge is 0.484 e. The van der Waals surface area contributed by atoms with Gasteiger partial charge < -0.3 is 19.7 Å². The molecular weight excluding hydrogens is 296 g/mol. The van der Waals surface area contributed by atoms with Gasteiger partial charge in [0.05, 0.1) is 0 Å². The Labute approximate surface area is 136 Å². The summed E-state index contributed by atoms with van der Waals surface area (Å²) in [5.74, 6) is 0.506. The maximum absolute atomic E-state index is 11.8. The Balaban J connectivity index is 1.69. The van der Waals surface area contributed by atoms with E-state index < -0.39 is 0 Å². The quantitative estimate of drug-likeness (QED) is 0.820. The van der Waals surface area contributed by atoms with Crippen LogP contribution in [0.4, 0.5) is 0 Å². The van der Waals surface area contributed by atoms with Crippen LogP contribution in [0.15, 0.2) is 30.3 Å². The zero-order valence-corrected chi connectivity index (χ0v) is 13.5. The molecule has 1 aromatic rings. The van der Waals surface area contributed by atoms with Gasteiger partial charge in [0, 0.05) is 39.3 Å². The van der Waals surface area contributed by atoms with Crippen LogP contribution in [-0.2, 0) is 14.3 Å². The van der Waals surface area contributed by atoms with Crippen molar-refractivity contribution in [2.24, 2.45) is 0 Å². The molecule has 0 bridgehead atoms. The Morgan fingerprint density at radius 2 is 1.96 bits per heavy atom. The molecule has 1 aliphatic heterocycles. The molecule has 1 aliphatic rings. The third-order valence-electron chi connectivity index (χ3n) is 3.82. The van der Waals surface area contributed by atoms with Gasteiger partial charge in [-0.25, -0.2) is 0 Å². The smallest absolute Gasteiger partial charge is 0.258 e. The number of rotatable bonds is 7. The predicted octanol–water partition coefficient (Wildman–Crippen LogP) is 1.21. The van der Waals surface area contributed by atoms with Crippen molar-refractivity contribution in [2.45, 2.75) is 25.8 Å². The fourth-order valence-electron chi connectivity index (χ4n) is 2.63. The van der Waals surface area contributed by atoms with E-state index in [9.17, 15) is 9.59 Å². The number of nitrogens with one attached hydrogen (secondary N) is 1. The Morgan fingerprint density at radius 1 is 1.26 bits per heavy atom. The number of amides is 2. The van der Waals surface area contributed by atoms with Gasteiger partial charge in [0.1, 0.15) is 5.75 Å². The van der Waals surface area contributed by atoms with Gasteiger partial charge >= 0.3 is 0 Å². The standard InChI is InChI=1S/C17H24N2O4/c1-14(20)19(15-7-11-22-12-8-15)10-9-18-17(21)13-23-16-5-3-2-4-6-16/h2-6,15H,7-13H2,1H3,(H,18,21). The normalized spacial score (nSPS) is 15.0. The number of nitrogens with zero attached hydrogens (tertiary/aromatic N) is 1. The van der Waals surface area contributed by atoms with Crippen LogP contribution >= 0.6 is 0 Å². The minimum atomic E-state index is -0.190. The fourth-order valence-corrected chi connectivity index (χ4v) is 2.63. The van der Waals surface area contributed by atoms with Gasteiger partial charge in [0.25, 0.3) is 5.91 Å². The van der Waals surface area contributed by atoms with Crippen molar-refractivity contribution < 1.29 is 19.1 Å². The van der Waals surface area contributed by atoms with Gasteiger partial charge in [0.2, 0.25) is 5.91 Å². The lowest BCUT2D eigenvalue weighted by molar-refractivity contribution is -0.133. The zero-order chi connectivity index (χ0) is 16.5. The van der Waals surface area contributed by atoms with E-state index in [2.05, 4.69) is 5.32 Å². The monoisotopic (exact) mass is 320 g/mol. The van der Waals surface area contributed by atoms with E-state index in [1.807, 2.05) is 23.1 Å². The molecule has 23 heavy (non-hydrogen) atoms. The van der Waals surface area contributed by atoms with E-state index in [4.69, 9.17) is 9.47 Å². The van der Waals surface area contributed by atoms with Crippen LogP contribution in [-0.4, -0.2) is 55.7 Å². The van der Waals surface area contributed by atoms with E-state index in [0.29, 0.717) is 32.1 Å². The zero-order valence-electron chi connectivity index (χ0n) is 13.5. The maximum Gasteiger partial charge on any atom is 0.258 e. The summed E-state index contributed by atoms with van der Waals surface area (Å²) in [7, 11) is 0. The van der Waals surface area contributed by atoms with Crippen LogP contribution in [0, 0.1) is 0 Å². The second kappa shape index (κ2) is 9.15. The highest BCUT2D eigenvalue weighted by Gasteiger charge is 2.23. The highest BCUT2D eigenvalue weighted by atomic mass is 16.5. The van der Waals surface area contributed by atoms with Crippen molar-refractivity contribution in [1.82, 2.24) is 10.2 Å². The SMILES string of the molecule is CC(=O)N(CCNC(=O)COc1ccccc1)C1CCOCC1. The van der Waals surface area contributed by atoms with Crippen LogP contribution in [0.1, 0.15) is 19.8 Å². The molecule has 0 atom stereocenters. The molecule has 1 fully saturated rings. The molecule has 126 valence electrons. The summed E-state index contributed by atoms with van der Waals surface area (Å²) >= 11 is 0. The van der Waals surface area contributed by atoms with Crippen molar-refractivity contribution in [3.8, 4) is 5.75 Å². The summed E-state index contributed by atoms with van der Waals surface area (Å²) in [5.41, 5.74) is 0. The molecule has 6 heteroatoms. The number of hydrogen-bond acceptors (Lipinski definition) is 4. The molecule has 0 aromatic heterocycles. The fraction of sp³-hybridized carbons (Fsp3) is 0.529. The number of para-hydroxylation sites is 1. The first-order valence-corrected chi connectivity index (χ1v) is 7.96. The first-order valence-electron chi connectivity index (χ1n) is 7.96. The summed E-state index contributed by atoms with van der Waals surface area (Å²) < 4.78 is 10.7. The molecule has 2 amide bonds. The molecule has 1 aromatic carbocycles. The lowest BCUT2D eigenvalue weighted by atomic mass is 10.1. The first kappa shape index (κ1) is 17.3. The first-order chi connectivity index (χ1) is 11.2. The third-order valence-corrected chi connectivity index (χ3v) is 3.82. The Bertz CT molecular complexity index is 501. The van der Waals surface area contributed by atoms with Crippen molar-refractivity contribution in [3.63, 3.8) is 0 Å². The average molecular weight is 320 g/mol. The van der Waals surface area contributed by atoms with E-state index in [-0.39, 0.29) is 24.5 Å². The molecule has 1 heterocycles. The predicted molar refractivity (Wildman–Crippen MR) is 86.2 cm³/mol. The van der Waals surface area contributed by atoms with Crippen molar-refractivity contribution >= 4 is 11.8 Å². The van der Waals surface area contributed by atoms with E-state index in [1.165, 1.54) is 0 Å². The highest BCUT2D eigenvalue weighted by Crippen LogP contribution is 2.14. The topological polar surface area (TPSA) is 67.9 Å². The summed E-state index contributed by atoms with van der Waals surface area (Å²) in [6.45, 7) is 3.85. The second-order valence-corrected chi connectivity index (χ2v) is 5.51. The molecule has 0 spiro atoms. The Morgan fingerprint density at radius 3 is 2.61 bits per heavy atom. The Kier molecular flexibility index (Phi) is 6.87. The van der Waals surface area contributed by atoms with Gasteiger partial charge in [-0.05, 0) is 25.0 Å². The molecular formula is C17H24N2O4. The lowest BCUT2D eigenvalue weighted by Crippen LogP contribution is -2.46. The molecule has 2 rings (SSSR count). The van der Waals surface area contributed by atoms with Crippen LogP contribution in [0.5, 0.6) is 5.75 Å². The van der Waals surface area contributed by atoms with Crippen LogP contribution in [0.2, 0.25) is 0 Å². The third kappa shape index (κ3) is 5.90. The summed E-state index contributed by atoms with van der Waals surface area (Å²) in [5, 5.41) is 2.79. The molecule has 0 radical (unpaired) electrons. The molecule has 0 aliphatic carbocycles. The van der Waals surface area contributed by atoms with Gasteiger partial charge in [-0.3, -0.25) is 9.59 Å². The van der Waals surface area contributed by atoms with E-state index in [1.54, 1.807) is 19.1 Å². The maximum atomic E-state index is 11.8. The van der Waals surface area contributed by atoms with E-state index in [0.717, 1.165) is 12.8 Å². The van der Waals surface area contributed by atoms with Crippen LogP contribution < -0.4 is 10.1 Å². The van der Waals surface area contributed by atoms with E-state index >= 15 is 0 Å². The minimum absolute atomic E-state index is 0.0264. The molecule has 0 unspecified atom stereocenters. The molecule has 1 saturated heterocycles. The summed E-state index contributed by atoms with van der Waals surface area (Å²) in [6.07, 6.45) is 1.70. The van der Waals surface area contributed by atoms with Gasteiger partial charge in [-0.1, -0.05) is 18.2 Å². The molecule has 1 N–H and O–H groups in total. The number of ether oxygens (including phenoxy) is 2. The van der Waals surface area contributed by atoms with Crippen molar-refractivity contribution in [2.75, 3.05) is 32.9 Å². The van der Waals surface area contributed by atoms with Crippen LogP contribution in [0.3, 0.4) is 0 Å². The van der Waals surface area contributed by atoms with Gasteiger partial charge in [0.15, 0.2) is 6.61 Å². The van der Waals surface area contributed by atoms with Gasteiger partial charge in [-0.2, -0.15) is 0 Å². The van der Waals surface area contributed by atoms with Crippen LogP contribution in [0.25, 0.3) is 0 Å². The number of benzene rings is 1.